The molecule has 2 unspecified atom stereocenters. The lowest BCUT2D eigenvalue weighted by molar-refractivity contribution is -0.140. The van der Waals surface area contributed by atoms with Crippen LogP contribution in [-0.4, -0.2) is 43.0 Å². The molecule has 72 valence electrons. The third-order valence-electron chi connectivity index (χ3n) is 1.47. The number of halogens is 2. The first kappa shape index (κ1) is 11.6. The van der Waals surface area contributed by atoms with Crippen LogP contribution in [0.15, 0.2) is 0 Å². The lowest BCUT2D eigenvalue weighted by Crippen LogP contribution is -2.40. The molecule has 0 aromatic carbocycles. The number of hydrogen-bond donors (Lipinski definition) is 2. The van der Waals surface area contributed by atoms with E-state index in [1.165, 1.54) is 0 Å². The first-order chi connectivity index (χ1) is 5.20. The predicted octanol–water partition coefficient (Wildman–Crippen LogP) is -0.181. The second-order valence-electron chi connectivity index (χ2n) is 2.43. The Morgan fingerprint density at radius 2 is 2.25 bits per heavy atom. The summed E-state index contributed by atoms with van der Waals surface area (Å²) in [5, 5.41) is 11.0. The molecule has 1 aliphatic rings. The van der Waals surface area contributed by atoms with E-state index in [1.807, 2.05) is 0 Å². The topological polar surface area (TPSA) is 58.6 Å². The molecule has 0 bridgehead atoms. The van der Waals surface area contributed by atoms with E-state index in [0.29, 0.717) is 0 Å². The molecule has 4 nitrogen and oxygen atoms in total. The molecular formula is C6H11ClFNO3. The van der Waals surface area contributed by atoms with Gasteiger partial charge in [0.25, 0.3) is 0 Å². The molecule has 2 atom stereocenters. The van der Waals surface area contributed by atoms with E-state index < -0.39 is 18.2 Å². The van der Waals surface area contributed by atoms with Crippen LogP contribution in [0.25, 0.3) is 0 Å². The highest BCUT2D eigenvalue weighted by molar-refractivity contribution is 5.85. The number of aliphatic carboxylic acids is 1. The maximum Gasteiger partial charge on any atom is 0.323 e. The van der Waals surface area contributed by atoms with Crippen molar-refractivity contribution in [3.05, 3.63) is 0 Å². The molecule has 0 aromatic heterocycles. The summed E-state index contributed by atoms with van der Waals surface area (Å²) >= 11 is 0. The van der Waals surface area contributed by atoms with Crippen LogP contribution in [0, 0.1) is 0 Å². The van der Waals surface area contributed by atoms with E-state index >= 15 is 0 Å². The van der Waals surface area contributed by atoms with Gasteiger partial charge in [0.05, 0.1) is 13.2 Å². The summed E-state index contributed by atoms with van der Waals surface area (Å²) in [6.45, 7) is 0.0729. The first-order valence-electron chi connectivity index (χ1n) is 3.38. The van der Waals surface area contributed by atoms with Gasteiger partial charge in [-0.3, -0.25) is 10.1 Å². The van der Waals surface area contributed by atoms with E-state index in [2.05, 4.69) is 5.32 Å². The van der Waals surface area contributed by atoms with Crippen LogP contribution in [-0.2, 0) is 9.53 Å². The molecule has 0 aliphatic carbocycles. The molecule has 1 rings (SSSR count). The van der Waals surface area contributed by atoms with Gasteiger partial charge < -0.3 is 9.84 Å². The molecule has 1 saturated heterocycles. The number of rotatable bonds is 1. The van der Waals surface area contributed by atoms with Crippen LogP contribution in [0.2, 0.25) is 0 Å². The Morgan fingerprint density at radius 3 is 2.83 bits per heavy atom. The monoisotopic (exact) mass is 199 g/mol. The van der Waals surface area contributed by atoms with Crippen molar-refractivity contribution in [3.8, 4) is 0 Å². The van der Waals surface area contributed by atoms with Gasteiger partial charge in [-0.1, -0.05) is 0 Å². The summed E-state index contributed by atoms with van der Waals surface area (Å²) in [4.78, 5) is 10.3. The molecule has 0 aromatic rings. The Hall–Kier alpha value is -0.390. The molecule has 2 N–H and O–H groups in total. The molecule has 0 saturated carbocycles. The summed E-state index contributed by atoms with van der Waals surface area (Å²) in [6.07, 6.45) is -1.10. The van der Waals surface area contributed by atoms with E-state index in [1.54, 1.807) is 0 Å². The van der Waals surface area contributed by atoms with Crippen molar-refractivity contribution in [2.45, 2.75) is 12.2 Å². The summed E-state index contributed by atoms with van der Waals surface area (Å²) < 4.78 is 17.3. The fourth-order valence-corrected chi connectivity index (χ4v) is 0.860. The zero-order chi connectivity index (χ0) is 8.27. The van der Waals surface area contributed by atoms with Crippen LogP contribution in [0.5, 0.6) is 0 Å². The molecule has 0 amide bonds. The molecule has 1 fully saturated rings. The standard InChI is InChI=1S/C6H10FNO3.ClH/c7-4-1-8-5(6(9)10)3-11-2-4;/h4-5,8H,1-3H2,(H,9,10);1H. The number of carbonyl (C=O) groups is 1. The number of hydrogen-bond acceptors (Lipinski definition) is 3. The minimum absolute atomic E-state index is 0. The molecule has 6 heteroatoms. The molecular weight excluding hydrogens is 189 g/mol. The average molecular weight is 200 g/mol. The van der Waals surface area contributed by atoms with Gasteiger partial charge in [-0.2, -0.15) is 0 Å². The number of nitrogens with one attached hydrogen (secondary N) is 1. The lowest BCUT2D eigenvalue weighted by Gasteiger charge is -2.08. The van der Waals surface area contributed by atoms with Crippen molar-refractivity contribution in [2.24, 2.45) is 0 Å². The summed E-state index contributed by atoms with van der Waals surface area (Å²) in [5.74, 6) is -1.00. The van der Waals surface area contributed by atoms with Crippen molar-refractivity contribution in [1.82, 2.24) is 5.32 Å². The highest BCUT2D eigenvalue weighted by Crippen LogP contribution is 1.98. The van der Waals surface area contributed by atoms with Gasteiger partial charge in [-0.15, -0.1) is 12.4 Å². The maximum absolute atomic E-state index is 12.5. The maximum atomic E-state index is 12.5. The Balaban J connectivity index is 0.00000121. The lowest BCUT2D eigenvalue weighted by atomic mass is 10.3. The Labute approximate surface area is 75.5 Å². The van der Waals surface area contributed by atoms with Gasteiger partial charge in [0.15, 0.2) is 0 Å². The Bertz CT molecular complexity index is 158. The molecule has 1 aliphatic heterocycles. The van der Waals surface area contributed by atoms with Gasteiger partial charge in [0, 0.05) is 6.54 Å². The third kappa shape index (κ3) is 3.34. The normalized spacial score (nSPS) is 30.1. The quantitative estimate of drug-likeness (QED) is 0.615. The molecule has 0 spiro atoms. The molecule has 0 radical (unpaired) electrons. The van der Waals surface area contributed by atoms with Crippen molar-refractivity contribution in [3.63, 3.8) is 0 Å². The third-order valence-corrected chi connectivity index (χ3v) is 1.47. The van der Waals surface area contributed by atoms with Crippen molar-refractivity contribution in [2.75, 3.05) is 19.8 Å². The highest BCUT2D eigenvalue weighted by Gasteiger charge is 2.22. The largest absolute Gasteiger partial charge is 0.480 e. The van der Waals surface area contributed by atoms with Crippen LogP contribution in [0.1, 0.15) is 0 Å². The van der Waals surface area contributed by atoms with Gasteiger partial charge in [-0.25, -0.2) is 4.39 Å². The number of ether oxygens (including phenoxy) is 1. The number of carboxylic acids is 1. The number of carboxylic acid groups (broad SMARTS) is 1. The van der Waals surface area contributed by atoms with Gasteiger partial charge >= 0.3 is 5.97 Å². The van der Waals surface area contributed by atoms with Crippen LogP contribution >= 0.6 is 12.4 Å². The molecule has 1 heterocycles. The van der Waals surface area contributed by atoms with Crippen LogP contribution in [0.3, 0.4) is 0 Å². The second-order valence-corrected chi connectivity index (χ2v) is 2.43. The SMILES string of the molecule is Cl.O=C(O)C1COCC(F)CN1. The first-order valence-corrected chi connectivity index (χ1v) is 3.38. The highest BCUT2D eigenvalue weighted by atomic mass is 35.5. The molecule has 12 heavy (non-hydrogen) atoms. The van der Waals surface area contributed by atoms with E-state index in [9.17, 15) is 9.18 Å². The average Bonchev–Trinajstić information content (AvgIpc) is 2.13. The zero-order valence-corrected chi connectivity index (χ0v) is 7.14. The van der Waals surface area contributed by atoms with Crippen molar-refractivity contribution < 1.29 is 19.0 Å². The van der Waals surface area contributed by atoms with Crippen molar-refractivity contribution in [1.29, 1.82) is 0 Å². The fraction of sp³-hybridized carbons (Fsp3) is 0.833. The summed E-state index contributed by atoms with van der Waals surface area (Å²) in [6, 6.07) is -0.768. The van der Waals surface area contributed by atoms with Crippen molar-refractivity contribution >= 4 is 18.4 Å². The van der Waals surface area contributed by atoms with E-state index in [4.69, 9.17) is 9.84 Å². The second kappa shape index (κ2) is 5.29. The van der Waals surface area contributed by atoms with Crippen LogP contribution < -0.4 is 5.32 Å². The van der Waals surface area contributed by atoms with E-state index in [-0.39, 0.29) is 32.2 Å². The number of alkyl halides is 1. The summed E-state index contributed by atoms with van der Waals surface area (Å²) in [5.41, 5.74) is 0. The minimum Gasteiger partial charge on any atom is -0.480 e. The predicted molar refractivity (Wildman–Crippen MR) is 42.4 cm³/mol. The van der Waals surface area contributed by atoms with Gasteiger partial charge in [0.2, 0.25) is 0 Å². The van der Waals surface area contributed by atoms with E-state index in [0.717, 1.165) is 0 Å². The van der Waals surface area contributed by atoms with Gasteiger partial charge in [-0.05, 0) is 0 Å². The minimum atomic E-state index is -1.10. The smallest absolute Gasteiger partial charge is 0.323 e. The fourth-order valence-electron chi connectivity index (χ4n) is 0.860. The summed E-state index contributed by atoms with van der Waals surface area (Å²) in [7, 11) is 0. The van der Waals surface area contributed by atoms with Gasteiger partial charge in [0.1, 0.15) is 12.2 Å². The zero-order valence-electron chi connectivity index (χ0n) is 6.33. The Morgan fingerprint density at radius 1 is 1.58 bits per heavy atom. The Kier molecular flexibility index (Phi) is 5.12. The van der Waals surface area contributed by atoms with Crippen LogP contribution in [0.4, 0.5) is 4.39 Å².